The molecule has 1 aliphatic heterocycles. The predicted octanol–water partition coefficient (Wildman–Crippen LogP) is 2.96. The molecular weight excluding hydrogens is 385 g/mol. The van der Waals surface area contributed by atoms with Gasteiger partial charge in [-0.15, -0.1) is 24.8 Å². The van der Waals surface area contributed by atoms with Gasteiger partial charge in [-0.2, -0.15) is 0 Å². The van der Waals surface area contributed by atoms with Crippen molar-refractivity contribution in [3.05, 3.63) is 30.3 Å². The van der Waals surface area contributed by atoms with E-state index in [9.17, 15) is 4.79 Å². The molecule has 0 bridgehead atoms. The van der Waals surface area contributed by atoms with E-state index < -0.39 is 0 Å². The van der Waals surface area contributed by atoms with Crippen molar-refractivity contribution >= 4 is 30.7 Å². The number of carbonyl (C=O) groups excluding carboxylic acids is 1. The van der Waals surface area contributed by atoms with Crippen LogP contribution in [0.5, 0.6) is 5.75 Å². The molecule has 1 amide bonds. The summed E-state index contributed by atoms with van der Waals surface area (Å²) >= 11 is 0. The molecule has 3 rings (SSSR count). The van der Waals surface area contributed by atoms with E-state index in [0.29, 0.717) is 6.61 Å². The number of benzene rings is 1. The smallest absolute Gasteiger partial charge is 0.227 e. The molecule has 154 valence electrons. The first-order valence-electron chi connectivity index (χ1n) is 9.54. The van der Waals surface area contributed by atoms with E-state index >= 15 is 0 Å². The van der Waals surface area contributed by atoms with Gasteiger partial charge in [0, 0.05) is 38.3 Å². The van der Waals surface area contributed by atoms with Crippen LogP contribution in [0.4, 0.5) is 0 Å². The van der Waals surface area contributed by atoms with E-state index in [1.54, 1.807) is 0 Å². The van der Waals surface area contributed by atoms with Gasteiger partial charge in [-0.1, -0.05) is 31.0 Å². The highest BCUT2D eigenvalue weighted by molar-refractivity contribution is 5.85. The number of piperazine rings is 1. The summed E-state index contributed by atoms with van der Waals surface area (Å²) in [5.41, 5.74) is 6.07. The topological polar surface area (TPSA) is 58.8 Å². The molecule has 7 heteroatoms. The van der Waals surface area contributed by atoms with Gasteiger partial charge in [0.15, 0.2) is 0 Å². The molecular formula is C20H33Cl2N3O2. The van der Waals surface area contributed by atoms with Crippen LogP contribution in [-0.4, -0.2) is 60.6 Å². The lowest BCUT2D eigenvalue weighted by molar-refractivity contribution is -0.140. The molecule has 1 saturated heterocycles. The molecule has 1 aromatic rings. The number of nitrogens with zero attached hydrogens (tertiary/aromatic N) is 2. The van der Waals surface area contributed by atoms with Crippen LogP contribution in [0, 0.1) is 5.92 Å². The van der Waals surface area contributed by atoms with Gasteiger partial charge in [-0.3, -0.25) is 9.69 Å². The highest BCUT2D eigenvalue weighted by atomic mass is 35.5. The second-order valence-electron chi connectivity index (χ2n) is 7.63. The minimum Gasteiger partial charge on any atom is -0.492 e. The third-order valence-electron chi connectivity index (χ3n) is 5.66. The summed E-state index contributed by atoms with van der Waals surface area (Å²) in [7, 11) is 0. The minimum absolute atomic E-state index is 0. The van der Waals surface area contributed by atoms with Crippen LogP contribution < -0.4 is 10.5 Å². The summed E-state index contributed by atoms with van der Waals surface area (Å²) in [5.74, 6) is 1.18. The zero-order chi connectivity index (χ0) is 17.7. The molecule has 0 radical (unpaired) electrons. The Kier molecular flexibility index (Phi) is 9.88. The SMILES string of the molecule is CC1(N)CCCCC1C(=O)N1CCN(CCOc2ccccc2)CC1.Cl.Cl. The van der Waals surface area contributed by atoms with Crippen molar-refractivity contribution in [3.63, 3.8) is 0 Å². The van der Waals surface area contributed by atoms with Gasteiger partial charge >= 0.3 is 0 Å². The number of ether oxygens (including phenoxy) is 1. The highest BCUT2D eigenvalue weighted by Crippen LogP contribution is 2.33. The monoisotopic (exact) mass is 417 g/mol. The van der Waals surface area contributed by atoms with Crippen LogP contribution in [0.1, 0.15) is 32.6 Å². The summed E-state index contributed by atoms with van der Waals surface area (Å²) in [4.78, 5) is 17.3. The molecule has 2 atom stereocenters. The Bertz CT molecular complexity index is 564. The van der Waals surface area contributed by atoms with Gasteiger partial charge in [0.25, 0.3) is 0 Å². The zero-order valence-corrected chi connectivity index (χ0v) is 17.8. The van der Waals surface area contributed by atoms with Gasteiger partial charge in [0.05, 0.1) is 5.92 Å². The number of hydrogen-bond donors (Lipinski definition) is 1. The normalized spacial score (nSPS) is 25.9. The summed E-state index contributed by atoms with van der Waals surface area (Å²) in [6, 6.07) is 9.91. The van der Waals surface area contributed by atoms with Gasteiger partial charge in [-0.25, -0.2) is 0 Å². The number of nitrogens with two attached hydrogens (primary N) is 1. The largest absolute Gasteiger partial charge is 0.492 e. The number of amides is 1. The summed E-state index contributed by atoms with van der Waals surface area (Å²) in [6.45, 7) is 7.06. The minimum atomic E-state index is -0.337. The fourth-order valence-corrected chi connectivity index (χ4v) is 3.99. The maximum atomic E-state index is 12.9. The van der Waals surface area contributed by atoms with Crippen molar-refractivity contribution in [2.45, 2.75) is 38.1 Å². The molecule has 2 aliphatic rings. The van der Waals surface area contributed by atoms with Crippen LogP contribution in [0.15, 0.2) is 30.3 Å². The third kappa shape index (κ3) is 6.53. The lowest BCUT2D eigenvalue weighted by Crippen LogP contribution is -2.57. The quantitative estimate of drug-likeness (QED) is 0.799. The van der Waals surface area contributed by atoms with E-state index in [2.05, 4.69) is 4.90 Å². The third-order valence-corrected chi connectivity index (χ3v) is 5.66. The van der Waals surface area contributed by atoms with Crippen molar-refractivity contribution in [3.8, 4) is 5.75 Å². The second kappa shape index (κ2) is 11.1. The first-order valence-corrected chi connectivity index (χ1v) is 9.54. The van der Waals surface area contributed by atoms with Gasteiger partial charge in [0.1, 0.15) is 12.4 Å². The molecule has 1 aliphatic carbocycles. The van der Waals surface area contributed by atoms with Crippen LogP contribution in [0.25, 0.3) is 0 Å². The Hall–Kier alpha value is -1.01. The number of halogens is 2. The number of carbonyl (C=O) groups is 1. The van der Waals surface area contributed by atoms with E-state index in [-0.39, 0.29) is 42.2 Å². The second-order valence-corrected chi connectivity index (χ2v) is 7.63. The lowest BCUT2D eigenvalue weighted by atomic mass is 9.74. The zero-order valence-electron chi connectivity index (χ0n) is 16.1. The van der Waals surface area contributed by atoms with Crippen LogP contribution in [0.3, 0.4) is 0 Å². The van der Waals surface area contributed by atoms with Crippen molar-refractivity contribution in [2.24, 2.45) is 11.7 Å². The van der Waals surface area contributed by atoms with Crippen LogP contribution in [-0.2, 0) is 4.79 Å². The molecule has 2 N–H and O–H groups in total. The molecule has 1 aromatic carbocycles. The maximum absolute atomic E-state index is 12.9. The van der Waals surface area contributed by atoms with Crippen molar-refractivity contribution in [1.29, 1.82) is 0 Å². The molecule has 0 spiro atoms. The first kappa shape index (κ1) is 24.0. The summed E-state index contributed by atoms with van der Waals surface area (Å²) < 4.78 is 5.77. The average molecular weight is 418 g/mol. The van der Waals surface area contributed by atoms with E-state index in [1.807, 2.05) is 42.2 Å². The number of rotatable bonds is 5. The Balaban J connectivity index is 0.00000182. The van der Waals surface area contributed by atoms with Gasteiger partial charge in [-0.05, 0) is 31.9 Å². The van der Waals surface area contributed by atoms with E-state index in [4.69, 9.17) is 10.5 Å². The molecule has 1 heterocycles. The molecule has 1 saturated carbocycles. The van der Waals surface area contributed by atoms with Crippen molar-refractivity contribution in [2.75, 3.05) is 39.3 Å². The molecule has 2 fully saturated rings. The van der Waals surface area contributed by atoms with E-state index in [1.165, 1.54) is 0 Å². The lowest BCUT2D eigenvalue weighted by Gasteiger charge is -2.42. The Morgan fingerprint density at radius 2 is 1.81 bits per heavy atom. The fraction of sp³-hybridized carbons (Fsp3) is 0.650. The Morgan fingerprint density at radius 1 is 1.15 bits per heavy atom. The average Bonchev–Trinajstić information content (AvgIpc) is 2.62. The standard InChI is InChI=1S/C20H31N3O2.2ClH/c1-20(21)10-6-5-9-18(20)19(24)23-13-11-22(12-14-23)15-16-25-17-7-3-2-4-8-17;;/h2-4,7-8,18H,5-6,9-16,21H2,1H3;2*1H. The van der Waals surface area contributed by atoms with Crippen molar-refractivity contribution < 1.29 is 9.53 Å². The Morgan fingerprint density at radius 3 is 2.44 bits per heavy atom. The molecule has 0 aromatic heterocycles. The van der Waals surface area contributed by atoms with Crippen molar-refractivity contribution in [1.82, 2.24) is 9.80 Å². The highest BCUT2D eigenvalue weighted by Gasteiger charge is 2.40. The number of para-hydroxylation sites is 1. The fourth-order valence-electron chi connectivity index (χ4n) is 3.99. The van der Waals surface area contributed by atoms with Gasteiger partial charge < -0.3 is 15.4 Å². The maximum Gasteiger partial charge on any atom is 0.227 e. The molecule has 27 heavy (non-hydrogen) atoms. The van der Waals surface area contributed by atoms with E-state index in [0.717, 1.165) is 64.2 Å². The van der Waals surface area contributed by atoms with Crippen LogP contribution >= 0.6 is 24.8 Å². The number of hydrogen-bond acceptors (Lipinski definition) is 4. The predicted molar refractivity (Wildman–Crippen MR) is 114 cm³/mol. The molecule has 5 nitrogen and oxygen atoms in total. The van der Waals surface area contributed by atoms with Gasteiger partial charge in [0.2, 0.25) is 5.91 Å². The Labute approximate surface area is 175 Å². The summed E-state index contributed by atoms with van der Waals surface area (Å²) in [6.07, 6.45) is 4.17. The van der Waals surface area contributed by atoms with Crippen LogP contribution in [0.2, 0.25) is 0 Å². The molecule has 2 unspecified atom stereocenters. The summed E-state index contributed by atoms with van der Waals surface area (Å²) in [5, 5.41) is 0. The first-order chi connectivity index (χ1) is 12.1.